The Hall–Kier alpha value is -2.54. The van der Waals surface area contributed by atoms with Crippen LogP contribution in [-0.4, -0.2) is 32.5 Å². The molecular formula is C18H20N4O2S. The second-order valence-corrected chi connectivity index (χ2v) is 6.83. The lowest BCUT2D eigenvalue weighted by Gasteiger charge is -2.24. The van der Waals surface area contributed by atoms with Crippen molar-refractivity contribution >= 4 is 23.4 Å². The zero-order valence-corrected chi connectivity index (χ0v) is 15.2. The largest absolute Gasteiger partial charge is 0.461 e. The molecule has 7 heteroatoms. The van der Waals surface area contributed by atoms with Crippen LogP contribution in [0, 0.1) is 0 Å². The Labute approximate surface area is 150 Å². The molecule has 2 aromatic heterocycles. The highest BCUT2D eigenvalue weighted by atomic mass is 32.2. The van der Waals surface area contributed by atoms with Crippen molar-refractivity contribution in [3.63, 3.8) is 0 Å². The third-order valence-electron chi connectivity index (χ3n) is 3.86. The maximum absolute atomic E-state index is 12.9. The molecule has 0 bridgehead atoms. The van der Waals surface area contributed by atoms with Crippen LogP contribution >= 0.6 is 11.8 Å². The summed E-state index contributed by atoms with van der Waals surface area (Å²) in [6.45, 7) is 4.48. The van der Waals surface area contributed by atoms with Gasteiger partial charge in [-0.25, -0.2) is 0 Å². The minimum Gasteiger partial charge on any atom is -0.461 e. The van der Waals surface area contributed by atoms with Crippen LogP contribution in [0.3, 0.4) is 0 Å². The normalized spacial score (nSPS) is 12.1. The molecule has 0 N–H and O–H groups in total. The number of carbonyl (C=O) groups is 1. The van der Waals surface area contributed by atoms with Crippen LogP contribution in [0.15, 0.2) is 58.3 Å². The van der Waals surface area contributed by atoms with E-state index in [0.717, 1.165) is 5.69 Å². The number of rotatable bonds is 6. The smallest absolute Gasteiger partial charge is 0.240 e. The molecule has 0 saturated carbocycles. The minimum absolute atomic E-state index is 0.0428. The molecule has 0 radical (unpaired) electrons. The standard InChI is InChI=1S/C18H20N4O2S/c1-4-22(14-9-6-5-7-10-14)17(23)13(2)25-18-20-19-16(21(18)3)15-11-8-12-24-15/h5-13H,4H2,1-3H3. The van der Waals surface area contributed by atoms with Crippen molar-refractivity contribution in [1.82, 2.24) is 14.8 Å². The molecular weight excluding hydrogens is 336 g/mol. The molecule has 1 amide bonds. The van der Waals surface area contributed by atoms with E-state index >= 15 is 0 Å². The highest BCUT2D eigenvalue weighted by Gasteiger charge is 2.24. The Balaban J connectivity index is 1.76. The van der Waals surface area contributed by atoms with E-state index in [1.807, 2.05) is 67.9 Å². The van der Waals surface area contributed by atoms with Crippen molar-refractivity contribution < 1.29 is 9.21 Å². The molecule has 1 aromatic carbocycles. The van der Waals surface area contributed by atoms with Crippen molar-refractivity contribution in [2.75, 3.05) is 11.4 Å². The third-order valence-corrected chi connectivity index (χ3v) is 4.98. The quantitative estimate of drug-likeness (QED) is 0.631. The SMILES string of the molecule is CCN(C(=O)C(C)Sc1nnc(-c2ccco2)n1C)c1ccccc1. The second-order valence-electron chi connectivity index (χ2n) is 5.52. The van der Waals surface area contributed by atoms with E-state index in [1.165, 1.54) is 11.8 Å². The highest BCUT2D eigenvalue weighted by molar-refractivity contribution is 8.00. The number of aromatic nitrogens is 3. The van der Waals surface area contributed by atoms with Crippen LogP contribution in [0.5, 0.6) is 0 Å². The van der Waals surface area contributed by atoms with Crippen LogP contribution in [0.25, 0.3) is 11.6 Å². The van der Waals surface area contributed by atoms with Gasteiger partial charge in [0.1, 0.15) is 0 Å². The molecule has 0 saturated heterocycles. The summed E-state index contributed by atoms with van der Waals surface area (Å²) in [7, 11) is 1.87. The molecule has 130 valence electrons. The van der Waals surface area contributed by atoms with Gasteiger partial charge in [0.2, 0.25) is 5.91 Å². The molecule has 25 heavy (non-hydrogen) atoms. The van der Waals surface area contributed by atoms with Gasteiger partial charge >= 0.3 is 0 Å². The van der Waals surface area contributed by atoms with Crippen LogP contribution in [-0.2, 0) is 11.8 Å². The number of amides is 1. The average Bonchev–Trinajstić information content (AvgIpc) is 3.27. The Bertz CT molecular complexity index is 830. The van der Waals surface area contributed by atoms with E-state index in [4.69, 9.17) is 4.42 Å². The lowest BCUT2D eigenvalue weighted by atomic mass is 10.2. The van der Waals surface area contributed by atoms with Gasteiger partial charge in [-0.1, -0.05) is 30.0 Å². The summed E-state index contributed by atoms with van der Waals surface area (Å²) in [6.07, 6.45) is 1.60. The lowest BCUT2D eigenvalue weighted by molar-refractivity contribution is -0.117. The van der Waals surface area contributed by atoms with Crippen molar-refractivity contribution in [2.24, 2.45) is 7.05 Å². The highest BCUT2D eigenvalue weighted by Crippen LogP contribution is 2.27. The van der Waals surface area contributed by atoms with E-state index in [9.17, 15) is 4.79 Å². The zero-order valence-electron chi connectivity index (χ0n) is 14.4. The van der Waals surface area contributed by atoms with Crippen LogP contribution in [0.1, 0.15) is 13.8 Å². The fourth-order valence-corrected chi connectivity index (χ4v) is 3.42. The number of nitrogens with zero attached hydrogens (tertiary/aromatic N) is 4. The summed E-state index contributed by atoms with van der Waals surface area (Å²) < 4.78 is 7.21. The Morgan fingerprint density at radius 3 is 2.64 bits per heavy atom. The average molecular weight is 356 g/mol. The van der Waals surface area contributed by atoms with E-state index in [-0.39, 0.29) is 11.2 Å². The summed E-state index contributed by atoms with van der Waals surface area (Å²) >= 11 is 1.39. The fraction of sp³-hybridized carbons (Fsp3) is 0.278. The number of benzene rings is 1. The maximum atomic E-state index is 12.9. The second kappa shape index (κ2) is 7.57. The summed E-state index contributed by atoms with van der Waals surface area (Å²) in [4.78, 5) is 14.6. The predicted molar refractivity (Wildman–Crippen MR) is 98.5 cm³/mol. The molecule has 1 unspecified atom stereocenters. The van der Waals surface area contributed by atoms with Gasteiger partial charge in [-0.05, 0) is 38.1 Å². The number of anilines is 1. The van der Waals surface area contributed by atoms with Gasteiger partial charge in [-0.15, -0.1) is 10.2 Å². The van der Waals surface area contributed by atoms with Crippen LogP contribution in [0.4, 0.5) is 5.69 Å². The first-order valence-corrected chi connectivity index (χ1v) is 8.96. The molecule has 3 rings (SSSR count). The third kappa shape index (κ3) is 3.61. The lowest BCUT2D eigenvalue weighted by Crippen LogP contribution is -2.36. The number of thioether (sulfide) groups is 1. The molecule has 6 nitrogen and oxygen atoms in total. The molecule has 0 spiro atoms. The van der Waals surface area contributed by atoms with Crippen molar-refractivity contribution in [1.29, 1.82) is 0 Å². The van der Waals surface area contributed by atoms with E-state index in [2.05, 4.69) is 10.2 Å². The molecule has 2 heterocycles. The van der Waals surface area contributed by atoms with Gasteiger partial charge < -0.3 is 13.9 Å². The van der Waals surface area contributed by atoms with Gasteiger partial charge in [-0.3, -0.25) is 4.79 Å². The molecule has 1 atom stereocenters. The monoisotopic (exact) mass is 356 g/mol. The Kier molecular flexibility index (Phi) is 5.23. The number of hydrogen-bond donors (Lipinski definition) is 0. The van der Waals surface area contributed by atoms with Gasteiger partial charge in [0.25, 0.3) is 0 Å². The van der Waals surface area contributed by atoms with Gasteiger partial charge in [0, 0.05) is 19.3 Å². The topological polar surface area (TPSA) is 64.2 Å². The maximum Gasteiger partial charge on any atom is 0.240 e. The molecule has 0 fully saturated rings. The van der Waals surface area contributed by atoms with Gasteiger partial charge in [-0.2, -0.15) is 0 Å². The number of hydrogen-bond acceptors (Lipinski definition) is 5. The van der Waals surface area contributed by atoms with Gasteiger partial charge in [0.05, 0.1) is 11.5 Å². The first-order valence-electron chi connectivity index (χ1n) is 8.08. The molecule has 0 aliphatic rings. The first kappa shape index (κ1) is 17.3. The van der Waals surface area contributed by atoms with E-state index in [1.54, 1.807) is 11.2 Å². The van der Waals surface area contributed by atoms with Crippen LogP contribution in [0.2, 0.25) is 0 Å². The molecule has 0 aliphatic heterocycles. The van der Waals surface area contributed by atoms with Crippen LogP contribution < -0.4 is 4.90 Å². The first-order chi connectivity index (χ1) is 12.1. The number of furan rings is 1. The summed E-state index contributed by atoms with van der Waals surface area (Å²) in [6, 6.07) is 13.3. The zero-order chi connectivity index (χ0) is 17.8. The predicted octanol–water partition coefficient (Wildman–Crippen LogP) is 3.61. The van der Waals surface area contributed by atoms with Crippen molar-refractivity contribution in [3.8, 4) is 11.6 Å². The Morgan fingerprint density at radius 1 is 1.24 bits per heavy atom. The summed E-state index contributed by atoms with van der Waals surface area (Å²) in [5, 5.41) is 8.76. The number of para-hydroxylation sites is 1. The number of carbonyl (C=O) groups excluding carboxylic acids is 1. The van der Waals surface area contributed by atoms with E-state index in [0.29, 0.717) is 23.3 Å². The minimum atomic E-state index is -0.285. The molecule has 3 aromatic rings. The Morgan fingerprint density at radius 2 is 2.00 bits per heavy atom. The fourth-order valence-electron chi connectivity index (χ4n) is 2.54. The van der Waals surface area contributed by atoms with Crippen molar-refractivity contribution in [3.05, 3.63) is 48.7 Å². The van der Waals surface area contributed by atoms with E-state index < -0.39 is 0 Å². The van der Waals surface area contributed by atoms with Gasteiger partial charge in [0.15, 0.2) is 16.7 Å². The summed E-state index contributed by atoms with van der Waals surface area (Å²) in [5.74, 6) is 1.34. The van der Waals surface area contributed by atoms with Crippen molar-refractivity contribution in [2.45, 2.75) is 24.3 Å². The summed E-state index contributed by atoms with van der Waals surface area (Å²) in [5.41, 5.74) is 0.900. The molecule has 0 aliphatic carbocycles.